The first kappa shape index (κ1) is 19.5. The number of aromatic nitrogens is 2. The number of carbonyl (C=O) groups excluding carboxylic acids is 1. The van der Waals surface area contributed by atoms with Crippen molar-refractivity contribution in [1.29, 1.82) is 0 Å². The molecule has 1 unspecified atom stereocenters. The topological polar surface area (TPSA) is 102 Å². The first-order valence-electron chi connectivity index (χ1n) is 9.70. The van der Waals surface area contributed by atoms with Crippen LogP contribution < -0.4 is 0 Å². The number of hydrogen-bond acceptors (Lipinski definition) is 6. The summed E-state index contributed by atoms with van der Waals surface area (Å²) in [6.45, 7) is 1.18. The van der Waals surface area contributed by atoms with Crippen LogP contribution in [0.3, 0.4) is 0 Å². The normalized spacial score (nSPS) is 16.7. The van der Waals surface area contributed by atoms with Crippen molar-refractivity contribution in [2.45, 2.75) is 18.8 Å². The molecule has 8 nitrogen and oxygen atoms in total. The quantitative estimate of drug-likeness (QED) is 0.361. The number of hydrogen-bond donors (Lipinski definition) is 0. The van der Waals surface area contributed by atoms with E-state index in [4.69, 9.17) is 4.52 Å². The Morgan fingerprint density at radius 3 is 2.67 bits per heavy atom. The lowest BCUT2D eigenvalue weighted by molar-refractivity contribution is -0.384. The van der Waals surface area contributed by atoms with Gasteiger partial charge in [-0.15, -0.1) is 0 Å². The van der Waals surface area contributed by atoms with Gasteiger partial charge in [0.25, 0.3) is 5.69 Å². The summed E-state index contributed by atoms with van der Waals surface area (Å²) in [4.78, 5) is 29.2. The number of nitro groups is 1. The molecule has 0 radical (unpaired) electrons. The van der Waals surface area contributed by atoms with Gasteiger partial charge in [0.05, 0.1) is 10.8 Å². The number of piperidine rings is 1. The Morgan fingerprint density at radius 1 is 1.17 bits per heavy atom. The fraction of sp³-hybridized carbons (Fsp3) is 0.227. The summed E-state index contributed by atoms with van der Waals surface area (Å²) in [7, 11) is 0. The van der Waals surface area contributed by atoms with Crippen molar-refractivity contribution in [3.63, 3.8) is 0 Å². The van der Waals surface area contributed by atoms with E-state index < -0.39 is 4.92 Å². The number of rotatable bonds is 5. The summed E-state index contributed by atoms with van der Waals surface area (Å²) in [6, 6.07) is 15.7. The van der Waals surface area contributed by atoms with Gasteiger partial charge >= 0.3 is 0 Å². The monoisotopic (exact) mass is 404 g/mol. The zero-order chi connectivity index (χ0) is 20.9. The van der Waals surface area contributed by atoms with Crippen LogP contribution in [-0.2, 0) is 4.79 Å². The van der Waals surface area contributed by atoms with Crippen molar-refractivity contribution in [3.05, 3.63) is 82.2 Å². The van der Waals surface area contributed by atoms with Crippen LogP contribution in [0.2, 0.25) is 0 Å². The number of nitrogens with zero attached hydrogens (tertiary/aromatic N) is 4. The third kappa shape index (κ3) is 4.43. The Bertz CT molecular complexity index is 1060. The molecule has 1 atom stereocenters. The van der Waals surface area contributed by atoms with Crippen LogP contribution in [-0.4, -0.2) is 39.0 Å². The molecule has 0 spiro atoms. The highest BCUT2D eigenvalue weighted by molar-refractivity contribution is 5.91. The molecule has 4 rings (SSSR count). The third-order valence-electron chi connectivity index (χ3n) is 5.08. The van der Waals surface area contributed by atoms with Crippen LogP contribution in [0.15, 0.2) is 65.2 Å². The molecular formula is C22H20N4O4. The van der Waals surface area contributed by atoms with Crippen LogP contribution in [0.1, 0.15) is 30.2 Å². The van der Waals surface area contributed by atoms with Crippen LogP contribution >= 0.6 is 0 Å². The first-order chi connectivity index (χ1) is 14.6. The van der Waals surface area contributed by atoms with Crippen LogP contribution in [0.25, 0.3) is 17.5 Å². The van der Waals surface area contributed by atoms with Crippen molar-refractivity contribution in [2.24, 2.45) is 0 Å². The SMILES string of the molecule is O=C(C=Cc1ccc([N+](=O)[O-])cc1)N1CCCC(c2nc(-c3ccccc3)no2)C1. The van der Waals surface area contributed by atoms with E-state index in [1.165, 1.54) is 18.2 Å². The second-order valence-corrected chi connectivity index (χ2v) is 7.13. The maximum Gasteiger partial charge on any atom is 0.269 e. The second kappa shape index (κ2) is 8.69. The molecule has 0 N–H and O–H groups in total. The Kier molecular flexibility index (Phi) is 5.65. The number of amides is 1. The van der Waals surface area contributed by atoms with Gasteiger partial charge in [0.2, 0.25) is 17.6 Å². The van der Waals surface area contributed by atoms with Crippen molar-refractivity contribution in [3.8, 4) is 11.4 Å². The number of benzene rings is 2. The maximum atomic E-state index is 12.6. The molecule has 2 heterocycles. The van der Waals surface area contributed by atoms with Gasteiger partial charge < -0.3 is 9.42 Å². The van der Waals surface area contributed by atoms with E-state index in [1.807, 2.05) is 30.3 Å². The van der Waals surface area contributed by atoms with Crippen LogP contribution in [0.5, 0.6) is 0 Å². The zero-order valence-corrected chi connectivity index (χ0v) is 16.2. The molecule has 152 valence electrons. The lowest BCUT2D eigenvalue weighted by atomic mass is 9.98. The van der Waals surface area contributed by atoms with Crippen molar-refractivity contribution >= 4 is 17.7 Å². The molecule has 1 amide bonds. The predicted octanol–water partition coefficient (Wildman–Crippen LogP) is 4.06. The Labute approximate surface area is 173 Å². The molecule has 0 saturated carbocycles. The smallest absolute Gasteiger partial charge is 0.269 e. The van der Waals surface area contributed by atoms with E-state index >= 15 is 0 Å². The molecule has 1 saturated heterocycles. The fourth-order valence-corrected chi connectivity index (χ4v) is 3.46. The molecule has 30 heavy (non-hydrogen) atoms. The summed E-state index contributed by atoms with van der Waals surface area (Å²) >= 11 is 0. The van der Waals surface area contributed by atoms with Crippen LogP contribution in [0.4, 0.5) is 5.69 Å². The average molecular weight is 404 g/mol. The summed E-state index contributed by atoms with van der Waals surface area (Å²) < 4.78 is 5.47. The van der Waals surface area contributed by atoms with Crippen molar-refractivity contribution in [1.82, 2.24) is 15.0 Å². The summed E-state index contributed by atoms with van der Waals surface area (Å²) in [6.07, 6.45) is 4.89. The molecule has 1 aliphatic heterocycles. The van der Waals surface area contributed by atoms with E-state index in [0.717, 1.165) is 24.0 Å². The van der Waals surface area contributed by atoms with Crippen molar-refractivity contribution in [2.75, 3.05) is 13.1 Å². The Hall–Kier alpha value is -3.81. The van der Waals surface area contributed by atoms with E-state index in [9.17, 15) is 14.9 Å². The third-order valence-corrected chi connectivity index (χ3v) is 5.08. The van der Waals surface area contributed by atoms with Gasteiger partial charge in [0.1, 0.15) is 0 Å². The highest BCUT2D eigenvalue weighted by atomic mass is 16.6. The minimum atomic E-state index is -0.451. The summed E-state index contributed by atoms with van der Waals surface area (Å²) in [5, 5.41) is 14.8. The lowest BCUT2D eigenvalue weighted by Gasteiger charge is -2.30. The Balaban J connectivity index is 1.40. The highest BCUT2D eigenvalue weighted by Crippen LogP contribution is 2.27. The van der Waals surface area contributed by atoms with Gasteiger partial charge in [-0.1, -0.05) is 35.5 Å². The molecule has 1 fully saturated rings. The zero-order valence-electron chi connectivity index (χ0n) is 16.2. The molecule has 3 aromatic rings. The minimum absolute atomic E-state index is 0.000405. The highest BCUT2D eigenvalue weighted by Gasteiger charge is 2.28. The van der Waals surface area contributed by atoms with E-state index in [0.29, 0.717) is 24.8 Å². The van der Waals surface area contributed by atoms with Gasteiger partial charge in [-0.05, 0) is 36.6 Å². The van der Waals surface area contributed by atoms with Gasteiger partial charge in [-0.3, -0.25) is 14.9 Å². The van der Waals surface area contributed by atoms with E-state index in [1.54, 1.807) is 23.1 Å². The van der Waals surface area contributed by atoms with Crippen molar-refractivity contribution < 1.29 is 14.2 Å². The van der Waals surface area contributed by atoms with Gasteiger partial charge in [-0.25, -0.2) is 0 Å². The van der Waals surface area contributed by atoms with Gasteiger partial charge in [0.15, 0.2) is 0 Å². The average Bonchev–Trinajstić information content (AvgIpc) is 3.29. The number of non-ortho nitro benzene ring substituents is 1. The number of likely N-dealkylation sites (tertiary alicyclic amines) is 1. The summed E-state index contributed by atoms with van der Waals surface area (Å²) in [5.41, 5.74) is 1.64. The van der Waals surface area contributed by atoms with E-state index in [-0.39, 0.29) is 17.5 Å². The maximum absolute atomic E-state index is 12.6. The molecule has 1 aromatic heterocycles. The second-order valence-electron chi connectivity index (χ2n) is 7.13. The standard InChI is InChI=1S/C22H20N4O4/c27-20(13-10-16-8-11-19(12-9-16)26(28)29)25-14-4-7-18(15-25)22-23-21(24-30-22)17-5-2-1-3-6-17/h1-3,5-6,8-13,18H,4,7,14-15H2. The molecule has 8 heteroatoms. The van der Waals surface area contributed by atoms with Crippen LogP contribution in [0, 0.1) is 10.1 Å². The first-order valence-corrected chi connectivity index (χ1v) is 9.70. The number of nitro benzene ring substituents is 1. The molecule has 2 aromatic carbocycles. The molecule has 1 aliphatic rings. The molecule has 0 bridgehead atoms. The number of carbonyl (C=O) groups is 1. The van der Waals surface area contributed by atoms with E-state index in [2.05, 4.69) is 10.1 Å². The Morgan fingerprint density at radius 2 is 1.93 bits per heavy atom. The predicted molar refractivity (Wildman–Crippen MR) is 110 cm³/mol. The summed E-state index contributed by atoms with van der Waals surface area (Å²) in [5.74, 6) is 0.985. The van der Waals surface area contributed by atoms with Gasteiger partial charge in [-0.2, -0.15) is 4.98 Å². The molecular weight excluding hydrogens is 384 g/mol. The minimum Gasteiger partial charge on any atom is -0.339 e. The van der Waals surface area contributed by atoms with Gasteiger partial charge in [0, 0.05) is 36.9 Å². The largest absolute Gasteiger partial charge is 0.339 e. The molecule has 0 aliphatic carbocycles. The fourth-order valence-electron chi connectivity index (χ4n) is 3.46. The lowest BCUT2D eigenvalue weighted by Crippen LogP contribution is -2.38.